The third kappa shape index (κ3) is 6.75. The number of nitrogens with one attached hydrogen (secondary N) is 1. The van der Waals surface area contributed by atoms with Crippen LogP contribution in [0.15, 0.2) is 114 Å². The molecule has 1 spiro atoms. The molecule has 2 atom stereocenters. The zero-order chi connectivity index (χ0) is 31.4. The molecule has 2 nitrogen and oxygen atoms in total. The summed E-state index contributed by atoms with van der Waals surface area (Å²) in [6, 6.07) is 18.9. The van der Waals surface area contributed by atoms with Crippen LogP contribution in [-0.2, 0) is 0 Å². The van der Waals surface area contributed by atoms with E-state index in [4.69, 9.17) is 0 Å². The molecule has 0 amide bonds. The van der Waals surface area contributed by atoms with Crippen molar-refractivity contribution in [3.8, 4) is 0 Å². The SMILES string of the molecule is C=C(C[C@H](C)c1ccc(C(=C2CC3(CCC3)C2)c2ccc(C)cc2)cc1)C1=CNC(C)C(C2=CCN(C(=C)C)CC2)=C1.CC. The Morgan fingerprint density at radius 2 is 1.64 bits per heavy atom. The fraction of sp³-hybridized carbons (Fsp3) is 0.429. The van der Waals surface area contributed by atoms with Gasteiger partial charge in [0.15, 0.2) is 0 Å². The Balaban J connectivity index is 0.00000188. The zero-order valence-corrected chi connectivity index (χ0v) is 28.2. The maximum Gasteiger partial charge on any atom is 0.0483 e. The topological polar surface area (TPSA) is 15.3 Å². The fourth-order valence-electron chi connectivity index (χ4n) is 7.43. The maximum atomic E-state index is 4.55. The average Bonchev–Trinajstić information content (AvgIpc) is 3.00. The van der Waals surface area contributed by atoms with Crippen LogP contribution in [0.25, 0.3) is 5.57 Å². The molecule has 0 bridgehead atoms. The molecule has 0 aromatic heterocycles. The van der Waals surface area contributed by atoms with Gasteiger partial charge >= 0.3 is 0 Å². The van der Waals surface area contributed by atoms with Gasteiger partial charge in [-0.05, 0) is 121 Å². The van der Waals surface area contributed by atoms with Gasteiger partial charge in [0.05, 0.1) is 0 Å². The van der Waals surface area contributed by atoms with Gasteiger partial charge in [0.1, 0.15) is 0 Å². The van der Waals surface area contributed by atoms with Gasteiger partial charge in [-0.25, -0.2) is 0 Å². The molecule has 232 valence electrons. The molecule has 0 saturated heterocycles. The summed E-state index contributed by atoms with van der Waals surface area (Å²) in [5, 5.41) is 3.61. The molecular weight excluding hydrogens is 532 g/mol. The van der Waals surface area contributed by atoms with Crippen LogP contribution in [0.1, 0.15) is 108 Å². The quantitative estimate of drug-likeness (QED) is 0.331. The predicted molar refractivity (Wildman–Crippen MR) is 191 cm³/mol. The number of aryl methyl sites for hydroxylation is 1. The summed E-state index contributed by atoms with van der Waals surface area (Å²) in [4.78, 5) is 2.35. The molecule has 1 unspecified atom stereocenters. The second kappa shape index (κ2) is 13.6. The number of nitrogens with zero attached hydrogens (tertiary/aromatic N) is 1. The first-order chi connectivity index (χ1) is 21.2. The van der Waals surface area contributed by atoms with Gasteiger partial charge < -0.3 is 10.2 Å². The van der Waals surface area contributed by atoms with Crippen LogP contribution in [0.2, 0.25) is 0 Å². The smallest absolute Gasteiger partial charge is 0.0483 e. The molecule has 2 saturated carbocycles. The Morgan fingerprint density at radius 1 is 1.00 bits per heavy atom. The molecule has 2 aliphatic heterocycles. The maximum absolute atomic E-state index is 4.55. The van der Waals surface area contributed by atoms with Crippen molar-refractivity contribution in [1.29, 1.82) is 0 Å². The standard InChI is InChI=1S/C40H48N2.C2H6/c1-27(2)42-20-16-33(17-21-42)38-23-36(26-41-31(38)6)30(5)22-29(4)32-12-14-35(15-13-32)39(34-10-8-28(3)9-11-34)37-24-40(25-37)18-7-19-40;1-2/h8-16,23,26,29,31,41H,1,5,7,17-22,24-25H2,2-4,6H3;1-2H3/t29-,31?;/m0./s1. The van der Waals surface area contributed by atoms with Crippen molar-refractivity contribution in [1.82, 2.24) is 10.2 Å². The van der Waals surface area contributed by atoms with Crippen LogP contribution in [0.3, 0.4) is 0 Å². The predicted octanol–water partition coefficient (Wildman–Crippen LogP) is 10.8. The number of rotatable bonds is 8. The molecular formula is C42H54N2. The van der Waals surface area contributed by atoms with Crippen molar-refractivity contribution in [2.24, 2.45) is 5.41 Å². The lowest BCUT2D eigenvalue weighted by molar-refractivity contribution is 0.0814. The summed E-state index contributed by atoms with van der Waals surface area (Å²) in [6.07, 6.45) is 15.8. The van der Waals surface area contributed by atoms with Crippen molar-refractivity contribution < 1.29 is 0 Å². The van der Waals surface area contributed by atoms with E-state index in [-0.39, 0.29) is 0 Å². The molecule has 2 fully saturated rings. The first kappa shape index (κ1) is 31.9. The summed E-state index contributed by atoms with van der Waals surface area (Å²) in [7, 11) is 0. The van der Waals surface area contributed by atoms with Crippen LogP contribution >= 0.6 is 0 Å². The van der Waals surface area contributed by atoms with Crippen LogP contribution in [0.4, 0.5) is 0 Å². The van der Waals surface area contributed by atoms with Gasteiger partial charge in [-0.3, -0.25) is 0 Å². The Kier molecular flexibility index (Phi) is 9.88. The minimum atomic E-state index is 0.320. The Hall–Kier alpha value is -3.52. The average molecular weight is 587 g/mol. The Morgan fingerprint density at radius 3 is 2.18 bits per heavy atom. The minimum absolute atomic E-state index is 0.320. The monoisotopic (exact) mass is 586 g/mol. The van der Waals surface area contributed by atoms with Crippen molar-refractivity contribution in [3.63, 3.8) is 0 Å². The van der Waals surface area contributed by atoms with Gasteiger partial charge in [-0.15, -0.1) is 0 Å². The Bertz CT molecular complexity index is 1480. The zero-order valence-electron chi connectivity index (χ0n) is 28.2. The van der Waals surface area contributed by atoms with Crippen LogP contribution in [0, 0.1) is 12.3 Å². The van der Waals surface area contributed by atoms with E-state index in [9.17, 15) is 0 Å². The van der Waals surface area contributed by atoms with E-state index in [0.717, 1.165) is 31.6 Å². The highest BCUT2D eigenvalue weighted by molar-refractivity contribution is 5.83. The van der Waals surface area contributed by atoms with Crippen LogP contribution in [-0.4, -0.2) is 24.0 Å². The molecule has 4 aliphatic rings. The highest BCUT2D eigenvalue weighted by Crippen LogP contribution is 2.60. The Labute approximate surface area is 268 Å². The summed E-state index contributed by atoms with van der Waals surface area (Å²) < 4.78 is 0. The second-order valence-electron chi connectivity index (χ2n) is 13.6. The second-order valence-corrected chi connectivity index (χ2v) is 13.6. The normalized spacial score (nSPS) is 20.9. The molecule has 2 aromatic rings. The molecule has 2 aliphatic carbocycles. The lowest BCUT2D eigenvalue weighted by atomic mass is 9.53. The first-order valence-corrected chi connectivity index (χ1v) is 17.1. The van der Waals surface area contributed by atoms with E-state index in [1.165, 1.54) is 82.2 Å². The lowest BCUT2D eigenvalue weighted by Gasteiger charge is -2.52. The molecule has 2 heteroatoms. The van der Waals surface area contributed by atoms with E-state index < -0.39 is 0 Å². The largest absolute Gasteiger partial charge is 0.384 e. The minimum Gasteiger partial charge on any atom is -0.384 e. The number of benzene rings is 2. The number of hydrogen-bond acceptors (Lipinski definition) is 2. The first-order valence-electron chi connectivity index (χ1n) is 17.1. The summed E-state index contributed by atoms with van der Waals surface area (Å²) in [6.45, 7) is 23.5. The summed E-state index contributed by atoms with van der Waals surface area (Å²) in [5.41, 5.74) is 15.7. The van der Waals surface area contributed by atoms with Crippen molar-refractivity contribution in [2.45, 2.75) is 98.4 Å². The van der Waals surface area contributed by atoms with Crippen LogP contribution in [0.5, 0.6) is 0 Å². The van der Waals surface area contributed by atoms with E-state index in [2.05, 4.69) is 118 Å². The number of dihydropyridines is 1. The van der Waals surface area contributed by atoms with Gasteiger partial charge in [0, 0.05) is 31.0 Å². The van der Waals surface area contributed by atoms with Crippen LogP contribution < -0.4 is 5.32 Å². The molecule has 1 N–H and O–H groups in total. The fourth-order valence-corrected chi connectivity index (χ4v) is 7.43. The molecule has 0 radical (unpaired) electrons. The van der Waals surface area contributed by atoms with Crippen molar-refractivity contribution >= 4 is 5.57 Å². The summed E-state index contributed by atoms with van der Waals surface area (Å²) >= 11 is 0. The van der Waals surface area contributed by atoms with E-state index in [1.807, 2.05) is 13.8 Å². The summed E-state index contributed by atoms with van der Waals surface area (Å²) in [5.74, 6) is 0.402. The van der Waals surface area contributed by atoms with Crippen molar-refractivity contribution in [3.05, 3.63) is 136 Å². The van der Waals surface area contributed by atoms with Gasteiger partial charge in [0.25, 0.3) is 0 Å². The van der Waals surface area contributed by atoms with Gasteiger partial charge in [-0.2, -0.15) is 0 Å². The highest BCUT2D eigenvalue weighted by Gasteiger charge is 2.46. The molecule has 2 heterocycles. The lowest BCUT2D eigenvalue weighted by Crippen LogP contribution is -2.38. The molecule has 44 heavy (non-hydrogen) atoms. The molecule has 2 aromatic carbocycles. The van der Waals surface area contributed by atoms with E-state index >= 15 is 0 Å². The van der Waals surface area contributed by atoms with Crippen molar-refractivity contribution in [2.75, 3.05) is 13.1 Å². The van der Waals surface area contributed by atoms with Gasteiger partial charge in [-0.1, -0.05) is 106 Å². The third-order valence-corrected chi connectivity index (χ3v) is 10.4. The highest BCUT2D eigenvalue weighted by atomic mass is 15.1. The van der Waals surface area contributed by atoms with E-state index in [0.29, 0.717) is 17.4 Å². The number of hydrogen-bond donors (Lipinski definition) is 1. The third-order valence-electron chi connectivity index (χ3n) is 10.4. The molecule has 6 rings (SSSR count). The number of allylic oxidation sites excluding steroid dienone is 5. The van der Waals surface area contributed by atoms with Gasteiger partial charge in [0.2, 0.25) is 0 Å². The van der Waals surface area contributed by atoms with E-state index in [1.54, 1.807) is 5.57 Å².